The van der Waals surface area contributed by atoms with E-state index in [-0.39, 0.29) is 31.0 Å². The molecular weight excluding hydrogens is 370 g/mol. The summed E-state index contributed by atoms with van der Waals surface area (Å²) in [6.45, 7) is 5.13. The van der Waals surface area contributed by atoms with E-state index in [0.717, 1.165) is 21.7 Å². The van der Waals surface area contributed by atoms with Crippen LogP contribution in [-0.4, -0.2) is 51.2 Å². The van der Waals surface area contributed by atoms with Crippen molar-refractivity contribution < 1.29 is 24.0 Å². The van der Waals surface area contributed by atoms with E-state index < -0.39 is 0 Å². The van der Waals surface area contributed by atoms with E-state index in [9.17, 15) is 9.59 Å². The third-order valence-corrected chi connectivity index (χ3v) is 4.90. The van der Waals surface area contributed by atoms with Gasteiger partial charge in [0.2, 0.25) is 0 Å². The Morgan fingerprint density at radius 1 is 1.03 bits per heavy atom. The van der Waals surface area contributed by atoms with Gasteiger partial charge in [-0.05, 0) is 43.2 Å². The minimum atomic E-state index is -0.234. The van der Waals surface area contributed by atoms with Gasteiger partial charge in [0.15, 0.2) is 24.6 Å². The van der Waals surface area contributed by atoms with Gasteiger partial charge in [0.05, 0.1) is 13.6 Å². The van der Waals surface area contributed by atoms with Gasteiger partial charge in [0.25, 0.3) is 11.8 Å². The zero-order valence-corrected chi connectivity index (χ0v) is 17.1. The standard InChI is InChI=1S/C22H27N3O4/c1-15-7-6-8-18(16(15)2)24-22(27)13-25(3)12-21(26)23-11-17-14-28-19-9-4-5-10-20(19)29-17/h4-10,17H,11-14H2,1-3H3,(H,23,26)(H,24,27)/p+1/t17-/m0/s1. The van der Waals surface area contributed by atoms with Gasteiger partial charge in [-0.3, -0.25) is 9.59 Å². The van der Waals surface area contributed by atoms with Crippen LogP contribution in [0.3, 0.4) is 0 Å². The van der Waals surface area contributed by atoms with E-state index in [0.29, 0.717) is 24.7 Å². The molecule has 0 bridgehead atoms. The lowest BCUT2D eigenvalue weighted by atomic mass is 10.1. The van der Waals surface area contributed by atoms with Crippen molar-refractivity contribution in [1.29, 1.82) is 0 Å². The molecule has 0 saturated heterocycles. The highest BCUT2D eigenvalue weighted by molar-refractivity contribution is 5.92. The highest BCUT2D eigenvalue weighted by Crippen LogP contribution is 2.30. The quantitative estimate of drug-likeness (QED) is 0.642. The number of rotatable bonds is 7. The first-order valence-electron chi connectivity index (χ1n) is 9.75. The van der Waals surface area contributed by atoms with Crippen LogP contribution in [0.5, 0.6) is 11.5 Å². The lowest BCUT2D eigenvalue weighted by Crippen LogP contribution is -3.11. The Morgan fingerprint density at radius 3 is 2.55 bits per heavy atom. The van der Waals surface area contributed by atoms with Crippen LogP contribution in [0.15, 0.2) is 42.5 Å². The van der Waals surface area contributed by atoms with Crippen LogP contribution >= 0.6 is 0 Å². The molecule has 1 aliphatic heterocycles. The van der Waals surface area contributed by atoms with Gasteiger partial charge in [-0.25, -0.2) is 0 Å². The molecule has 2 aromatic carbocycles. The lowest BCUT2D eigenvalue weighted by molar-refractivity contribution is -0.862. The van der Waals surface area contributed by atoms with Crippen molar-refractivity contribution in [3.8, 4) is 11.5 Å². The van der Waals surface area contributed by atoms with E-state index in [1.54, 1.807) is 0 Å². The summed E-state index contributed by atoms with van der Waals surface area (Å²) in [5.41, 5.74) is 2.98. The zero-order chi connectivity index (χ0) is 20.8. The minimum absolute atomic E-state index is 0.121. The Hall–Kier alpha value is -3.06. The number of hydrogen-bond donors (Lipinski definition) is 3. The first-order chi connectivity index (χ1) is 13.9. The van der Waals surface area contributed by atoms with E-state index in [2.05, 4.69) is 10.6 Å². The minimum Gasteiger partial charge on any atom is -0.486 e. The maximum absolute atomic E-state index is 12.3. The summed E-state index contributed by atoms with van der Waals surface area (Å²) in [6, 6.07) is 13.3. The second-order valence-electron chi connectivity index (χ2n) is 7.41. The normalized spacial score (nSPS) is 16.0. The number of quaternary nitrogens is 1. The van der Waals surface area contributed by atoms with Gasteiger partial charge >= 0.3 is 0 Å². The van der Waals surface area contributed by atoms with Crippen LogP contribution in [0.2, 0.25) is 0 Å². The summed E-state index contributed by atoms with van der Waals surface area (Å²) in [5.74, 6) is 1.15. The van der Waals surface area contributed by atoms with Crippen molar-refractivity contribution in [1.82, 2.24) is 5.32 Å². The molecule has 2 amide bonds. The predicted molar refractivity (Wildman–Crippen MR) is 111 cm³/mol. The number of hydrogen-bond acceptors (Lipinski definition) is 4. The number of para-hydroxylation sites is 2. The van der Waals surface area contributed by atoms with E-state index in [1.807, 2.05) is 63.4 Å². The van der Waals surface area contributed by atoms with Gasteiger partial charge in [-0.2, -0.15) is 0 Å². The number of nitrogens with one attached hydrogen (secondary N) is 3. The summed E-state index contributed by atoms with van der Waals surface area (Å²) in [4.78, 5) is 25.3. The molecule has 0 radical (unpaired) electrons. The first-order valence-corrected chi connectivity index (χ1v) is 9.75. The average molecular weight is 398 g/mol. The molecule has 7 heteroatoms. The maximum atomic E-state index is 12.3. The van der Waals surface area contributed by atoms with Crippen LogP contribution in [-0.2, 0) is 9.59 Å². The number of anilines is 1. The molecule has 1 heterocycles. The van der Waals surface area contributed by atoms with Crippen LogP contribution in [0.25, 0.3) is 0 Å². The van der Waals surface area contributed by atoms with E-state index in [4.69, 9.17) is 9.47 Å². The Bertz CT molecular complexity index is 884. The van der Waals surface area contributed by atoms with Crippen molar-refractivity contribution >= 4 is 17.5 Å². The Labute approximate surface area is 171 Å². The number of benzene rings is 2. The van der Waals surface area contributed by atoms with Gasteiger partial charge in [-0.15, -0.1) is 0 Å². The van der Waals surface area contributed by atoms with Crippen molar-refractivity contribution in [3.05, 3.63) is 53.6 Å². The lowest BCUT2D eigenvalue weighted by Gasteiger charge is -2.26. The first kappa shape index (κ1) is 20.7. The van der Waals surface area contributed by atoms with Crippen molar-refractivity contribution in [3.63, 3.8) is 0 Å². The molecule has 2 aromatic rings. The maximum Gasteiger partial charge on any atom is 0.279 e. The van der Waals surface area contributed by atoms with E-state index >= 15 is 0 Å². The highest BCUT2D eigenvalue weighted by Gasteiger charge is 2.22. The molecule has 2 atom stereocenters. The molecule has 1 aliphatic rings. The fraction of sp³-hybridized carbons (Fsp3) is 0.364. The molecule has 154 valence electrons. The summed E-state index contributed by atoms with van der Waals surface area (Å²) in [7, 11) is 1.82. The van der Waals surface area contributed by atoms with Gasteiger partial charge < -0.3 is 25.0 Å². The summed E-state index contributed by atoms with van der Waals surface area (Å²) >= 11 is 0. The topological polar surface area (TPSA) is 81.1 Å². The number of carbonyl (C=O) groups excluding carboxylic acids is 2. The molecule has 3 rings (SSSR count). The molecule has 0 fully saturated rings. The summed E-state index contributed by atoms with van der Waals surface area (Å²) in [5, 5.41) is 5.78. The number of carbonyl (C=O) groups is 2. The molecule has 0 saturated carbocycles. The smallest absolute Gasteiger partial charge is 0.279 e. The van der Waals surface area contributed by atoms with Crippen molar-refractivity contribution in [2.24, 2.45) is 0 Å². The van der Waals surface area contributed by atoms with Crippen molar-refractivity contribution in [2.75, 3.05) is 38.6 Å². The second-order valence-corrected chi connectivity index (χ2v) is 7.41. The monoisotopic (exact) mass is 398 g/mol. The third-order valence-electron chi connectivity index (χ3n) is 4.90. The molecular formula is C22H28N3O4+. The summed E-state index contributed by atoms with van der Waals surface area (Å²) < 4.78 is 11.5. The summed E-state index contributed by atoms with van der Waals surface area (Å²) in [6.07, 6.45) is -0.234. The van der Waals surface area contributed by atoms with Crippen molar-refractivity contribution in [2.45, 2.75) is 20.0 Å². The number of ether oxygens (including phenoxy) is 2. The Morgan fingerprint density at radius 2 is 1.76 bits per heavy atom. The molecule has 0 aromatic heterocycles. The molecule has 3 N–H and O–H groups in total. The van der Waals surface area contributed by atoms with Crippen LogP contribution < -0.4 is 25.0 Å². The van der Waals surface area contributed by atoms with Gasteiger partial charge in [0, 0.05) is 5.69 Å². The molecule has 0 spiro atoms. The fourth-order valence-electron chi connectivity index (χ4n) is 3.15. The molecule has 0 aliphatic carbocycles. The number of amides is 2. The van der Waals surface area contributed by atoms with Crippen LogP contribution in [0.1, 0.15) is 11.1 Å². The molecule has 7 nitrogen and oxygen atoms in total. The van der Waals surface area contributed by atoms with Gasteiger partial charge in [0.1, 0.15) is 12.7 Å². The predicted octanol–water partition coefficient (Wildman–Crippen LogP) is 0.713. The highest BCUT2D eigenvalue weighted by atomic mass is 16.6. The Kier molecular flexibility index (Phi) is 6.72. The molecule has 1 unspecified atom stereocenters. The third kappa shape index (κ3) is 5.71. The number of likely N-dealkylation sites (N-methyl/N-ethyl adjacent to an activating group) is 1. The number of fused-ring (bicyclic) bond motifs is 1. The second kappa shape index (κ2) is 9.43. The molecule has 29 heavy (non-hydrogen) atoms. The van der Waals surface area contributed by atoms with Crippen LogP contribution in [0.4, 0.5) is 5.69 Å². The Balaban J connectivity index is 1.40. The largest absolute Gasteiger partial charge is 0.486 e. The fourth-order valence-corrected chi connectivity index (χ4v) is 3.15. The SMILES string of the molecule is Cc1cccc(NC(=O)C[NH+](C)CC(=O)NC[C@H]2COc3ccccc3O2)c1C. The van der Waals surface area contributed by atoms with Crippen LogP contribution in [0, 0.1) is 13.8 Å². The number of aryl methyl sites for hydroxylation is 1. The van der Waals surface area contributed by atoms with E-state index in [1.165, 1.54) is 0 Å². The zero-order valence-electron chi connectivity index (χ0n) is 17.1. The average Bonchev–Trinajstić information content (AvgIpc) is 2.69. The van der Waals surface area contributed by atoms with Gasteiger partial charge in [-0.1, -0.05) is 24.3 Å².